The van der Waals surface area contributed by atoms with Gasteiger partial charge in [-0.1, -0.05) is 32.0 Å². The Balaban J connectivity index is 1.52. The van der Waals surface area contributed by atoms with Gasteiger partial charge in [-0.2, -0.15) is 13.2 Å². The molecule has 2 atom stereocenters. The van der Waals surface area contributed by atoms with Gasteiger partial charge in [0.25, 0.3) is 0 Å². The second kappa shape index (κ2) is 8.40. The molecule has 1 N–H and O–H groups in total. The van der Waals surface area contributed by atoms with Crippen LogP contribution in [0.4, 0.5) is 13.2 Å². The summed E-state index contributed by atoms with van der Waals surface area (Å²) in [6.45, 7) is 7.66. The fraction of sp³-hybridized carbons (Fsp3) is 0.476. The topological polar surface area (TPSA) is 38.1 Å². The molecule has 0 spiro atoms. The van der Waals surface area contributed by atoms with Crippen LogP contribution in [0.3, 0.4) is 0 Å². The van der Waals surface area contributed by atoms with Crippen molar-refractivity contribution in [2.24, 2.45) is 0 Å². The molecule has 1 aromatic carbocycles. The number of benzene rings is 1. The van der Waals surface area contributed by atoms with E-state index in [2.05, 4.69) is 29.0 Å². The van der Waals surface area contributed by atoms with Crippen LogP contribution in [0, 0.1) is 0 Å². The van der Waals surface area contributed by atoms with E-state index in [9.17, 15) is 13.2 Å². The van der Waals surface area contributed by atoms with Gasteiger partial charge in [-0.3, -0.25) is 4.98 Å². The lowest BCUT2D eigenvalue weighted by atomic mass is 10.1. The van der Waals surface area contributed by atoms with Gasteiger partial charge in [0.05, 0.1) is 11.3 Å². The Labute approximate surface area is 158 Å². The minimum absolute atomic E-state index is 0.499. The highest BCUT2D eigenvalue weighted by Crippen LogP contribution is 2.30. The van der Waals surface area contributed by atoms with E-state index in [1.807, 2.05) is 18.3 Å². The molecule has 1 aliphatic heterocycles. The third-order valence-corrected chi connectivity index (χ3v) is 5.24. The van der Waals surface area contributed by atoms with Gasteiger partial charge in [0.1, 0.15) is 0 Å². The predicted octanol–water partition coefficient (Wildman–Crippen LogP) is 4.38. The van der Waals surface area contributed by atoms with Crippen molar-refractivity contribution in [2.45, 2.75) is 44.9 Å². The van der Waals surface area contributed by atoms with Crippen LogP contribution in [0.15, 0.2) is 42.6 Å². The molecule has 27 heavy (non-hydrogen) atoms. The molecule has 2 heterocycles. The average Bonchev–Trinajstić information content (AvgIpc) is 3.40. The first-order chi connectivity index (χ1) is 12.9. The highest BCUT2D eigenvalue weighted by Gasteiger charge is 2.35. The second-order valence-electron chi connectivity index (χ2n) is 7.03. The van der Waals surface area contributed by atoms with Crippen LogP contribution in [0.5, 0.6) is 0 Å². The Bertz CT molecular complexity index is 722. The summed E-state index contributed by atoms with van der Waals surface area (Å²) in [6, 6.07) is 10.1. The molecule has 0 aliphatic carbocycles. The van der Waals surface area contributed by atoms with Gasteiger partial charge < -0.3 is 10.2 Å². The standard InChI is InChI=1S/C21H26F3N3/c1-3-27(4-2)12-11-19-20(26-19)13-15-5-10-18(25-14-15)16-6-8-17(9-7-16)21(22,23)24/h5-10,14,19-20,26H,3-4,11-13H2,1-2H3. The first-order valence-corrected chi connectivity index (χ1v) is 9.51. The van der Waals surface area contributed by atoms with Gasteiger partial charge in [-0.05, 0) is 56.2 Å². The Morgan fingerprint density at radius 3 is 2.26 bits per heavy atom. The summed E-state index contributed by atoms with van der Waals surface area (Å²) < 4.78 is 37.9. The maximum absolute atomic E-state index is 12.6. The maximum Gasteiger partial charge on any atom is 0.416 e. The molecule has 6 heteroatoms. The SMILES string of the molecule is CCN(CC)CCC1NC1Cc1ccc(-c2ccc(C(F)(F)F)cc2)nc1. The van der Waals surface area contributed by atoms with Crippen molar-refractivity contribution in [1.82, 2.24) is 15.2 Å². The second-order valence-corrected chi connectivity index (χ2v) is 7.03. The molecule has 1 aromatic heterocycles. The summed E-state index contributed by atoms with van der Waals surface area (Å²) in [5.74, 6) is 0. The summed E-state index contributed by atoms with van der Waals surface area (Å²) in [6.07, 6.45) is -0.393. The van der Waals surface area contributed by atoms with Gasteiger partial charge in [0.2, 0.25) is 0 Å². The minimum Gasteiger partial charge on any atom is -0.308 e. The van der Waals surface area contributed by atoms with Crippen LogP contribution in [-0.4, -0.2) is 41.6 Å². The molecule has 0 bridgehead atoms. The van der Waals surface area contributed by atoms with Crippen LogP contribution >= 0.6 is 0 Å². The number of hydrogen-bond acceptors (Lipinski definition) is 3. The molecule has 1 saturated heterocycles. The Morgan fingerprint density at radius 2 is 1.70 bits per heavy atom. The van der Waals surface area contributed by atoms with E-state index >= 15 is 0 Å². The number of pyridine rings is 1. The smallest absolute Gasteiger partial charge is 0.308 e. The van der Waals surface area contributed by atoms with Crippen LogP contribution in [-0.2, 0) is 12.6 Å². The number of alkyl halides is 3. The van der Waals surface area contributed by atoms with Crippen molar-refractivity contribution in [3.05, 3.63) is 53.7 Å². The van der Waals surface area contributed by atoms with Crippen molar-refractivity contribution >= 4 is 0 Å². The fourth-order valence-corrected chi connectivity index (χ4v) is 3.37. The Morgan fingerprint density at radius 1 is 1.00 bits per heavy atom. The van der Waals surface area contributed by atoms with Crippen LogP contribution in [0.25, 0.3) is 11.3 Å². The molecule has 146 valence electrons. The summed E-state index contributed by atoms with van der Waals surface area (Å²) in [5, 5.41) is 3.53. The number of hydrogen-bond donors (Lipinski definition) is 1. The molecule has 3 nitrogen and oxygen atoms in total. The van der Waals surface area contributed by atoms with E-state index in [-0.39, 0.29) is 0 Å². The van der Waals surface area contributed by atoms with E-state index < -0.39 is 11.7 Å². The van der Waals surface area contributed by atoms with Crippen molar-refractivity contribution in [3.8, 4) is 11.3 Å². The number of nitrogens with zero attached hydrogens (tertiary/aromatic N) is 2. The van der Waals surface area contributed by atoms with Crippen molar-refractivity contribution in [2.75, 3.05) is 19.6 Å². The van der Waals surface area contributed by atoms with Gasteiger partial charge in [-0.15, -0.1) is 0 Å². The zero-order valence-electron chi connectivity index (χ0n) is 15.8. The molecule has 0 saturated carbocycles. The van der Waals surface area contributed by atoms with E-state index in [0.29, 0.717) is 23.3 Å². The zero-order valence-corrected chi connectivity index (χ0v) is 15.8. The lowest BCUT2D eigenvalue weighted by Crippen LogP contribution is -2.25. The van der Waals surface area contributed by atoms with E-state index in [0.717, 1.165) is 50.2 Å². The van der Waals surface area contributed by atoms with Crippen molar-refractivity contribution < 1.29 is 13.2 Å². The monoisotopic (exact) mass is 377 g/mol. The van der Waals surface area contributed by atoms with E-state index in [1.165, 1.54) is 12.1 Å². The van der Waals surface area contributed by atoms with Crippen molar-refractivity contribution in [3.63, 3.8) is 0 Å². The Hall–Kier alpha value is -1.92. The number of nitrogens with one attached hydrogen (secondary N) is 1. The average molecular weight is 377 g/mol. The quantitative estimate of drug-likeness (QED) is 0.694. The molecular weight excluding hydrogens is 351 g/mol. The van der Waals surface area contributed by atoms with Gasteiger partial charge in [0, 0.05) is 23.8 Å². The van der Waals surface area contributed by atoms with Crippen molar-refractivity contribution in [1.29, 1.82) is 0 Å². The molecule has 2 unspecified atom stereocenters. The summed E-state index contributed by atoms with van der Waals surface area (Å²) in [7, 11) is 0. The lowest BCUT2D eigenvalue weighted by Gasteiger charge is -2.17. The highest BCUT2D eigenvalue weighted by atomic mass is 19.4. The maximum atomic E-state index is 12.6. The fourth-order valence-electron chi connectivity index (χ4n) is 3.37. The molecule has 0 radical (unpaired) electrons. The van der Waals surface area contributed by atoms with Gasteiger partial charge in [0.15, 0.2) is 0 Å². The van der Waals surface area contributed by atoms with Crippen LogP contribution in [0.1, 0.15) is 31.4 Å². The third-order valence-electron chi connectivity index (χ3n) is 5.24. The first-order valence-electron chi connectivity index (χ1n) is 9.51. The van der Waals surface area contributed by atoms with Crippen LogP contribution in [0.2, 0.25) is 0 Å². The molecule has 3 rings (SSSR count). The lowest BCUT2D eigenvalue weighted by molar-refractivity contribution is -0.137. The summed E-state index contributed by atoms with van der Waals surface area (Å²) in [5.41, 5.74) is 1.89. The van der Waals surface area contributed by atoms with Crippen LogP contribution < -0.4 is 5.32 Å². The third kappa shape index (κ3) is 5.30. The normalized spacial score (nSPS) is 19.5. The summed E-state index contributed by atoms with van der Waals surface area (Å²) >= 11 is 0. The predicted molar refractivity (Wildman–Crippen MR) is 101 cm³/mol. The Kier molecular flexibility index (Phi) is 6.17. The number of rotatable bonds is 8. The van der Waals surface area contributed by atoms with E-state index in [4.69, 9.17) is 0 Å². The minimum atomic E-state index is -4.31. The summed E-state index contributed by atoms with van der Waals surface area (Å²) in [4.78, 5) is 6.86. The molecule has 2 aromatic rings. The molecule has 0 amide bonds. The molecule has 1 fully saturated rings. The number of halogens is 3. The van der Waals surface area contributed by atoms with Gasteiger partial charge >= 0.3 is 6.18 Å². The molecule has 1 aliphatic rings. The largest absolute Gasteiger partial charge is 0.416 e. The number of aromatic nitrogens is 1. The van der Waals surface area contributed by atoms with Gasteiger partial charge in [-0.25, -0.2) is 0 Å². The highest BCUT2D eigenvalue weighted by molar-refractivity contribution is 5.59. The molecular formula is C21H26F3N3. The first kappa shape index (κ1) is 19.8. The zero-order chi connectivity index (χ0) is 19.4. The van der Waals surface area contributed by atoms with E-state index in [1.54, 1.807) is 0 Å².